The molecule has 0 unspecified atom stereocenters. The lowest BCUT2D eigenvalue weighted by molar-refractivity contribution is -0.128. The largest absolute Gasteiger partial charge is 0.483 e. The molecule has 0 aliphatic carbocycles. The summed E-state index contributed by atoms with van der Waals surface area (Å²) in [5.41, 5.74) is 3.78. The first-order valence-corrected chi connectivity index (χ1v) is 7.04. The van der Waals surface area contributed by atoms with E-state index in [0.717, 1.165) is 31.7 Å². The van der Waals surface area contributed by atoms with E-state index < -0.39 is 0 Å². The lowest BCUT2D eigenvalue weighted by Crippen LogP contribution is -2.53. The fourth-order valence-electron chi connectivity index (χ4n) is 2.04. The van der Waals surface area contributed by atoms with Gasteiger partial charge in [0.25, 0.3) is 5.91 Å². The Labute approximate surface area is 124 Å². The van der Waals surface area contributed by atoms with E-state index in [-0.39, 0.29) is 12.5 Å². The second-order valence-electron chi connectivity index (χ2n) is 5.02. The molecule has 0 aromatic heterocycles. The van der Waals surface area contributed by atoms with E-state index in [1.54, 1.807) is 12.1 Å². The summed E-state index contributed by atoms with van der Waals surface area (Å²) in [5, 5.41) is 2.59. The second kappa shape index (κ2) is 6.92. The molecule has 1 aromatic carbocycles. The van der Waals surface area contributed by atoms with Crippen LogP contribution < -0.4 is 10.2 Å². The molecule has 0 atom stereocenters. The number of hydrogen-bond acceptors (Lipinski definition) is 4. The van der Waals surface area contributed by atoms with E-state index in [1.807, 2.05) is 18.0 Å². The van der Waals surface area contributed by atoms with Gasteiger partial charge in [0.05, 0.1) is 0 Å². The van der Waals surface area contributed by atoms with Crippen molar-refractivity contribution in [3.05, 3.63) is 28.8 Å². The minimum atomic E-state index is -0.135. The first-order valence-electron chi connectivity index (χ1n) is 6.66. The zero-order valence-electron chi connectivity index (χ0n) is 11.9. The quantitative estimate of drug-likeness (QED) is 0.910. The lowest BCUT2D eigenvalue weighted by atomic mass is 10.2. The first-order chi connectivity index (χ1) is 9.54. The molecule has 0 saturated carbocycles. The van der Waals surface area contributed by atoms with Crippen molar-refractivity contribution in [2.75, 3.05) is 39.8 Å². The lowest BCUT2D eigenvalue weighted by Gasteiger charge is -2.32. The Morgan fingerprint density at radius 2 is 2.05 bits per heavy atom. The highest BCUT2D eigenvalue weighted by Gasteiger charge is 2.15. The van der Waals surface area contributed by atoms with E-state index >= 15 is 0 Å². The maximum absolute atomic E-state index is 11.8. The molecule has 1 fully saturated rings. The van der Waals surface area contributed by atoms with Crippen molar-refractivity contribution in [2.45, 2.75) is 6.92 Å². The summed E-state index contributed by atoms with van der Waals surface area (Å²) in [5.74, 6) is 0.548. The zero-order chi connectivity index (χ0) is 14.5. The number of hydrogen-bond donors (Lipinski definition) is 1. The van der Waals surface area contributed by atoms with Crippen molar-refractivity contribution in [2.24, 2.45) is 0 Å². The number of ether oxygens (including phenoxy) is 1. The van der Waals surface area contributed by atoms with E-state index in [9.17, 15) is 4.79 Å². The number of carbonyl (C=O) groups excluding carboxylic acids is 1. The number of halogens is 1. The first kappa shape index (κ1) is 15.1. The Morgan fingerprint density at radius 1 is 1.35 bits per heavy atom. The van der Waals surface area contributed by atoms with Crippen molar-refractivity contribution in [3.8, 4) is 5.75 Å². The Hall–Kier alpha value is -1.30. The van der Waals surface area contributed by atoms with Crippen LogP contribution in [0.5, 0.6) is 5.75 Å². The molecule has 1 N–H and O–H groups in total. The van der Waals surface area contributed by atoms with Crippen molar-refractivity contribution >= 4 is 17.5 Å². The van der Waals surface area contributed by atoms with Gasteiger partial charge < -0.3 is 9.64 Å². The molecule has 0 bridgehead atoms. The average molecular weight is 298 g/mol. The molecule has 1 aliphatic rings. The SMILES string of the molecule is Cc1cc(Cl)ccc1OCC(=O)NN1CCN(C)CC1. The Morgan fingerprint density at radius 3 is 2.70 bits per heavy atom. The van der Waals surface area contributed by atoms with Gasteiger partial charge in [-0.3, -0.25) is 10.2 Å². The number of hydrazine groups is 1. The summed E-state index contributed by atoms with van der Waals surface area (Å²) in [6.07, 6.45) is 0. The minimum Gasteiger partial charge on any atom is -0.483 e. The molecule has 1 saturated heterocycles. The third-order valence-corrected chi connectivity index (χ3v) is 3.52. The van der Waals surface area contributed by atoms with Gasteiger partial charge in [0.2, 0.25) is 0 Å². The van der Waals surface area contributed by atoms with Crippen LogP contribution >= 0.6 is 11.6 Å². The van der Waals surface area contributed by atoms with Gasteiger partial charge in [0.1, 0.15) is 5.75 Å². The fraction of sp³-hybridized carbons (Fsp3) is 0.500. The summed E-state index contributed by atoms with van der Waals surface area (Å²) in [7, 11) is 2.07. The predicted octanol–water partition coefficient (Wildman–Crippen LogP) is 1.31. The molecule has 0 radical (unpaired) electrons. The summed E-state index contributed by atoms with van der Waals surface area (Å²) < 4.78 is 5.51. The maximum atomic E-state index is 11.8. The number of nitrogens with zero attached hydrogens (tertiary/aromatic N) is 2. The molecule has 2 rings (SSSR count). The molecule has 6 heteroatoms. The maximum Gasteiger partial charge on any atom is 0.272 e. The van der Waals surface area contributed by atoms with Gasteiger partial charge in [-0.1, -0.05) is 11.6 Å². The third-order valence-electron chi connectivity index (χ3n) is 3.28. The normalized spacial score (nSPS) is 16.9. The van der Waals surface area contributed by atoms with Gasteiger partial charge in [0, 0.05) is 31.2 Å². The summed E-state index contributed by atoms with van der Waals surface area (Å²) in [4.78, 5) is 14.1. The summed E-state index contributed by atoms with van der Waals surface area (Å²) in [6, 6.07) is 5.35. The number of piperazine rings is 1. The van der Waals surface area contributed by atoms with Crippen molar-refractivity contribution < 1.29 is 9.53 Å². The van der Waals surface area contributed by atoms with E-state index in [0.29, 0.717) is 10.8 Å². The van der Waals surface area contributed by atoms with E-state index in [1.165, 1.54) is 0 Å². The van der Waals surface area contributed by atoms with Gasteiger partial charge in [-0.15, -0.1) is 0 Å². The number of nitrogens with one attached hydrogen (secondary N) is 1. The molecule has 1 aliphatic heterocycles. The molecule has 5 nitrogen and oxygen atoms in total. The predicted molar refractivity (Wildman–Crippen MR) is 78.9 cm³/mol. The molecule has 1 amide bonds. The van der Waals surface area contributed by atoms with Gasteiger partial charge in [0.15, 0.2) is 6.61 Å². The van der Waals surface area contributed by atoms with Crippen LogP contribution in [0.4, 0.5) is 0 Å². The highest BCUT2D eigenvalue weighted by molar-refractivity contribution is 6.30. The summed E-state index contributed by atoms with van der Waals surface area (Å²) in [6.45, 7) is 5.49. The molecule has 1 heterocycles. The number of likely N-dealkylation sites (N-methyl/N-ethyl adjacent to an activating group) is 1. The van der Waals surface area contributed by atoms with Crippen LogP contribution in [0.25, 0.3) is 0 Å². The fourth-order valence-corrected chi connectivity index (χ4v) is 2.27. The highest BCUT2D eigenvalue weighted by atomic mass is 35.5. The van der Waals surface area contributed by atoms with Gasteiger partial charge in [-0.2, -0.15) is 0 Å². The van der Waals surface area contributed by atoms with Gasteiger partial charge in [-0.05, 0) is 37.7 Å². The standard InChI is InChI=1S/C14H20ClN3O2/c1-11-9-12(15)3-4-13(11)20-10-14(19)16-18-7-5-17(2)6-8-18/h3-4,9H,5-8,10H2,1-2H3,(H,16,19). The number of aryl methyl sites for hydroxylation is 1. The van der Waals surface area contributed by atoms with E-state index in [4.69, 9.17) is 16.3 Å². The molecule has 20 heavy (non-hydrogen) atoms. The van der Waals surface area contributed by atoms with Crippen LogP contribution in [-0.2, 0) is 4.79 Å². The van der Waals surface area contributed by atoms with Crippen molar-refractivity contribution in [1.82, 2.24) is 15.3 Å². The highest BCUT2D eigenvalue weighted by Crippen LogP contribution is 2.21. The molecule has 1 aromatic rings. The number of carbonyl (C=O) groups is 1. The average Bonchev–Trinajstić information content (AvgIpc) is 2.40. The van der Waals surface area contributed by atoms with Crippen LogP contribution in [-0.4, -0.2) is 55.6 Å². The zero-order valence-corrected chi connectivity index (χ0v) is 12.6. The van der Waals surface area contributed by atoms with Gasteiger partial charge >= 0.3 is 0 Å². The van der Waals surface area contributed by atoms with Crippen LogP contribution in [0.1, 0.15) is 5.56 Å². The number of benzene rings is 1. The molecular weight excluding hydrogens is 278 g/mol. The Kier molecular flexibility index (Phi) is 5.23. The molecule has 110 valence electrons. The van der Waals surface area contributed by atoms with Crippen LogP contribution in [0.2, 0.25) is 5.02 Å². The van der Waals surface area contributed by atoms with Gasteiger partial charge in [-0.25, -0.2) is 5.01 Å². The number of amides is 1. The second-order valence-corrected chi connectivity index (χ2v) is 5.46. The van der Waals surface area contributed by atoms with Crippen LogP contribution in [0.3, 0.4) is 0 Å². The minimum absolute atomic E-state index is 0.00874. The topological polar surface area (TPSA) is 44.8 Å². The van der Waals surface area contributed by atoms with E-state index in [2.05, 4.69) is 17.4 Å². The van der Waals surface area contributed by atoms with Crippen molar-refractivity contribution in [3.63, 3.8) is 0 Å². The monoisotopic (exact) mass is 297 g/mol. The van der Waals surface area contributed by atoms with Crippen LogP contribution in [0, 0.1) is 6.92 Å². The smallest absolute Gasteiger partial charge is 0.272 e. The molecular formula is C14H20ClN3O2. The van der Waals surface area contributed by atoms with Crippen molar-refractivity contribution in [1.29, 1.82) is 0 Å². The third kappa shape index (κ3) is 4.37. The Bertz CT molecular complexity index is 473. The molecule has 0 spiro atoms. The Balaban J connectivity index is 1.77. The summed E-state index contributed by atoms with van der Waals surface area (Å²) >= 11 is 5.87. The number of rotatable bonds is 4. The van der Waals surface area contributed by atoms with Crippen LogP contribution in [0.15, 0.2) is 18.2 Å².